The van der Waals surface area contributed by atoms with E-state index in [0.29, 0.717) is 38.3 Å². The normalized spacial score (nSPS) is 23.2. The van der Waals surface area contributed by atoms with Crippen LogP contribution in [0, 0.1) is 0 Å². The molecule has 1 unspecified atom stereocenters. The van der Waals surface area contributed by atoms with Crippen molar-refractivity contribution in [2.24, 2.45) is 0 Å². The second-order valence-electron chi connectivity index (χ2n) is 7.25. The second kappa shape index (κ2) is 7.66. The highest BCUT2D eigenvalue weighted by Crippen LogP contribution is 2.26. The minimum Gasteiger partial charge on any atom is -0.493 e. The van der Waals surface area contributed by atoms with Gasteiger partial charge >= 0.3 is 0 Å². The molecule has 6 nitrogen and oxygen atoms in total. The lowest BCUT2D eigenvalue weighted by Crippen LogP contribution is -2.41. The summed E-state index contributed by atoms with van der Waals surface area (Å²) in [6, 6.07) is 5.73. The van der Waals surface area contributed by atoms with Crippen molar-refractivity contribution in [3.05, 3.63) is 29.3 Å². The summed E-state index contributed by atoms with van der Waals surface area (Å²) in [5.74, 6) is 1.03. The third-order valence-corrected chi connectivity index (χ3v) is 5.46. The minimum absolute atomic E-state index is 0.0461. The lowest BCUT2D eigenvalue weighted by Gasteiger charge is -2.24. The van der Waals surface area contributed by atoms with E-state index in [4.69, 9.17) is 9.47 Å². The van der Waals surface area contributed by atoms with Gasteiger partial charge in [-0.15, -0.1) is 0 Å². The first-order chi connectivity index (χ1) is 12.7. The summed E-state index contributed by atoms with van der Waals surface area (Å²) in [6.07, 6.45) is 4.25. The summed E-state index contributed by atoms with van der Waals surface area (Å²) in [5.41, 5.74) is 1.83. The van der Waals surface area contributed by atoms with Gasteiger partial charge in [0, 0.05) is 38.3 Å². The smallest absolute Gasteiger partial charge is 0.253 e. The molecule has 3 heterocycles. The molecule has 3 aliphatic heterocycles. The highest BCUT2D eigenvalue weighted by atomic mass is 16.5. The molecular formula is C20H26N2O4. The number of aryl methyl sites for hydroxylation is 1. The van der Waals surface area contributed by atoms with E-state index in [0.717, 1.165) is 50.0 Å². The Balaban J connectivity index is 1.40. The van der Waals surface area contributed by atoms with E-state index in [1.807, 2.05) is 28.0 Å². The number of benzene rings is 1. The zero-order chi connectivity index (χ0) is 17.9. The Morgan fingerprint density at radius 1 is 0.962 bits per heavy atom. The quantitative estimate of drug-likeness (QED) is 0.810. The summed E-state index contributed by atoms with van der Waals surface area (Å²) in [7, 11) is 0. The molecule has 1 atom stereocenters. The molecule has 2 fully saturated rings. The van der Waals surface area contributed by atoms with Gasteiger partial charge in [-0.2, -0.15) is 0 Å². The molecule has 3 aliphatic rings. The molecule has 1 aromatic rings. The van der Waals surface area contributed by atoms with Gasteiger partial charge in [-0.05, 0) is 55.9 Å². The molecule has 140 valence electrons. The lowest BCUT2D eigenvalue weighted by atomic mass is 10.0. The van der Waals surface area contributed by atoms with Crippen LogP contribution in [0.4, 0.5) is 0 Å². The third-order valence-electron chi connectivity index (χ3n) is 5.46. The molecule has 6 heteroatoms. The number of nitrogens with zero attached hydrogens (tertiary/aromatic N) is 2. The first-order valence-electron chi connectivity index (χ1n) is 9.68. The number of ether oxygens (including phenoxy) is 2. The Bertz CT molecular complexity index is 684. The molecule has 0 aromatic heterocycles. The van der Waals surface area contributed by atoms with E-state index >= 15 is 0 Å². The maximum Gasteiger partial charge on any atom is 0.253 e. The predicted octanol–water partition coefficient (Wildman–Crippen LogP) is 1.87. The Hall–Kier alpha value is -2.08. The van der Waals surface area contributed by atoms with Crippen LogP contribution < -0.4 is 4.74 Å². The van der Waals surface area contributed by atoms with Crippen LogP contribution in [-0.4, -0.2) is 67.1 Å². The molecule has 4 rings (SSSR count). The van der Waals surface area contributed by atoms with Crippen LogP contribution in [0.2, 0.25) is 0 Å². The van der Waals surface area contributed by atoms with Gasteiger partial charge in [-0.25, -0.2) is 0 Å². The van der Waals surface area contributed by atoms with Crippen molar-refractivity contribution in [2.75, 3.05) is 39.4 Å². The zero-order valence-electron chi connectivity index (χ0n) is 15.1. The molecule has 0 radical (unpaired) electrons. The number of amides is 2. The Kier molecular flexibility index (Phi) is 5.11. The molecule has 1 aromatic carbocycles. The SMILES string of the molecule is O=C(c1ccc2c(c1)CCCO2)N1CCCN(C(=O)C2CCCO2)CC1. The molecule has 0 N–H and O–H groups in total. The topological polar surface area (TPSA) is 59.1 Å². The van der Waals surface area contributed by atoms with Crippen molar-refractivity contribution in [1.29, 1.82) is 0 Å². The number of hydrogen-bond donors (Lipinski definition) is 0. The fraction of sp³-hybridized carbons (Fsp3) is 0.600. The minimum atomic E-state index is -0.280. The van der Waals surface area contributed by atoms with Crippen LogP contribution >= 0.6 is 0 Å². The Morgan fingerprint density at radius 2 is 1.81 bits per heavy atom. The van der Waals surface area contributed by atoms with Crippen LogP contribution in [0.1, 0.15) is 41.6 Å². The van der Waals surface area contributed by atoms with Gasteiger partial charge in [0.15, 0.2) is 0 Å². The summed E-state index contributed by atoms with van der Waals surface area (Å²) < 4.78 is 11.2. The van der Waals surface area contributed by atoms with E-state index in [2.05, 4.69) is 0 Å². The summed E-state index contributed by atoms with van der Waals surface area (Å²) >= 11 is 0. The first-order valence-corrected chi connectivity index (χ1v) is 9.68. The number of rotatable bonds is 2. The highest BCUT2D eigenvalue weighted by Gasteiger charge is 2.30. The fourth-order valence-electron chi connectivity index (χ4n) is 3.99. The number of carbonyl (C=O) groups is 2. The van der Waals surface area contributed by atoms with Crippen LogP contribution in [-0.2, 0) is 16.0 Å². The van der Waals surface area contributed by atoms with Crippen molar-refractivity contribution in [3.8, 4) is 5.75 Å². The Morgan fingerprint density at radius 3 is 2.65 bits per heavy atom. The van der Waals surface area contributed by atoms with Gasteiger partial charge in [0.2, 0.25) is 0 Å². The molecule has 2 amide bonds. The number of carbonyl (C=O) groups excluding carboxylic acids is 2. The van der Waals surface area contributed by atoms with Gasteiger partial charge in [0.25, 0.3) is 11.8 Å². The van der Waals surface area contributed by atoms with E-state index in [1.165, 1.54) is 0 Å². The van der Waals surface area contributed by atoms with Crippen molar-refractivity contribution >= 4 is 11.8 Å². The van der Waals surface area contributed by atoms with Crippen molar-refractivity contribution in [3.63, 3.8) is 0 Å². The Labute approximate surface area is 154 Å². The van der Waals surface area contributed by atoms with Gasteiger partial charge in [-0.1, -0.05) is 0 Å². The van der Waals surface area contributed by atoms with Crippen molar-refractivity contribution in [2.45, 2.75) is 38.2 Å². The average molecular weight is 358 g/mol. The molecule has 0 bridgehead atoms. The molecule has 2 saturated heterocycles. The predicted molar refractivity (Wildman–Crippen MR) is 96.3 cm³/mol. The largest absolute Gasteiger partial charge is 0.493 e. The molecule has 0 spiro atoms. The maximum atomic E-state index is 12.9. The standard InChI is InChI=1S/C20H26N2O4/c23-19(16-6-7-17-15(14-16)4-1-12-25-17)21-8-3-9-22(11-10-21)20(24)18-5-2-13-26-18/h6-7,14,18H,1-5,8-13H2. The summed E-state index contributed by atoms with van der Waals surface area (Å²) in [5, 5.41) is 0. The van der Waals surface area contributed by atoms with E-state index in [1.54, 1.807) is 0 Å². The summed E-state index contributed by atoms with van der Waals surface area (Å²) in [6.45, 7) is 3.96. The van der Waals surface area contributed by atoms with Crippen LogP contribution in [0.5, 0.6) is 5.75 Å². The average Bonchev–Trinajstić information content (AvgIpc) is 3.11. The lowest BCUT2D eigenvalue weighted by molar-refractivity contribution is -0.140. The number of hydrogen-bond acceptors (Lipinski definition) is 4. The fourth-order valence-corrected chi connectivity index (χ4v) is 3.99. The first kappa shape index (κ1) is 17.3. The summed E-state index contributed by atoms with van der Waals surface area (Å²) in [4.78, 5) is 29.2. The molecule has 26 heavy (non-hydrogen) atoms. The van der Waals surface area contributed by atoms with Gasteiger partial charge in [0.1, 0.15) is 11.9 Å². The number of fused-ring (bicyclic) bond motifs is 1. The van der Waals surface area contributed by atoms with Gasteiger partial charge in [-0.3, -0.25) is 9.59 Å². The van der Waals surface area contributed by atoms with Crippen LogP contribution in [0.15, 0.2) is 18.2 Å². The van der Waals surface area contributed by atoms with E-state index < -0.39 is 0 Å². The van der Waals surface area contributed by atoms with Crippen molar-refractivity contribution in [1.82, 2.24) is 9.80 Å². The van der Waals surface area contributed by atoms with E-state index in [9.17, 15) is 9.59 Å². The molecule has 0 saturated carbocycles. The van der Waals surface area contributed by atoms with Gasteiger partial charge < -0.3 is 19.3 Å². The van der Waals surface area contributed by atoms with Gasteiger partial charge in [0.05, 0.1) is 6.61 Å². The van der Waals surface area contributed by atoms with Crippen LogP contribution in [0.3, 0.4) is 0 Å². The highest BCUT2D eigenvalue weighted by molar-refractivity contribution is 5.94. The monoisotopic (exact) mass is 358 g/mol. The van der Waals surface area contributed by atoms with E-state index in [-0.39, 0.29) is 17.9 Å². The van der Waals surface area contributed by atoms with Crippen LogP contribution in [0.25, 0.3) is 0 Å². The maximum absolute atomic E-state index is 12.9. The second-order valence-corrected chi connectivity index (χ2v) is 7.25. The van der Waals surface area contributed by atoms with Crippen molar-refractivity contribution < 1.29 is 19.1 Å². The molecule has 0 aliphatic carbocycles. The third kappa shape index (κ3) is 3.56. The molecular weight excluding hydrogens is 332 g/mol. The zero-order valence-corrected chi connectivity index (χ0v) is 15.1.